The topological polar surface area (TPSA) is 122 Å². The molecule has 0 aromatic heterocycles. The van der Waals surface area contributed by atoms with Crippen LogP contribution in [0.5, 0.6) is 5.75 Å². The van der Waals surface area contributed by atoms with Crippen molar-refractivity contribution in [2.45, 2.75) is 4.90 Å². The summed E-state index contributed by atoms with van der Waals surface area (Å²) in [5.74, 6) is -0.862. The highest BCUT2D eigenvalue weighted by molar-refractivity contribution is 14.1. The first-order valence-corrected chi connectivity index (χ1v) is 8.74. The van der Waals surface area contributed by atoms with Crippen LogP contribution in [0.15, 0.2) is 46.4 Å². The number of phenols is 1. The number of aromatic hydroxyl groups is 1. The zero-order chi connectivity index (χ0) is 17.9. The largest absolute Gasteiger partial charge is 0.506 e. The van der Waals surface area contributed by atoms with Gasteiger partial charge in [0, 0.05) is 17.7 Å². The number of nitrogens with one attached hydrogen (secondary N) is 1. The molecule has 2 N–H and O–H groups in total. The maximum atomic E-state index is 12.8. The summed E-state index contributed by atoms with van der Waals surface area (Å²) in [7, 11) is -4.03. The molecule has 0 atom stereocenters. The van der Waals surface area contributed by atoms with Crippen LogP contribution >= 0.6 is 22.6 Å². The van der Waals surface area contributed by atoms with Crippen molar-refractivity contribution in [1.29, 1.82) is 0 Å². The molecule has 126 valence electrons. The highest BCUT2D eigenvalue weighted by atomic mass is 127. The molecule has 24 heavy (non-hydrogen) atoms. The zero-order valence-electron chi connectivity index (χ0n) is 11.7. The number of nitrogens with zero attached hydrogens (tertiary/aromatic N) is 2. The van der Waals surface area contributed by atoms with Crippen molar-refractivity contribution < 1.29 is 22.8 Å². The fraction of sp³-hybridized carbons (Fsp3) is 0. The molecular weight excluding hydrogens is 456 g/mol. The van der Waals surface area contributed by atoms with E-state index in [2.05, 4.69) is 5.10 Å². The molecule has 0 fully saturated rings. The Kier molecular flexibility index (Phi) is 5.33. The number of phenolic OH excluding ortho intramolecular Hbond substituents is 1. The smallest absolute Gasteiger partial charge is 0.276 e. The van der Waals surface area contributed by atoms with Crippen LogP contribution in [0, 0.1) is 19.5 Å². The highest BCUT2D eigenvalue weighted by Gasteiger charge is 2.15. The lowest BCUT2D eigenvalue weighted by molar-refractivity contribution is -0.385. The monoisotopic (exact) mass is 465 g/mol. The number of nitro groups is 1. The summed E-state index contributed by atoms with van der Waals surface area (Å²) >= 11 is 1.70. The van der Waals surface area contributed by atoms with Crippen molar-refractivity contribution in [1.82, 2.24) is 4.83 Å². The van der Waals surface area contributed by atoms with Gasteiger partial charge in [-0.3, -0.25) is 10.1 Å². The quantitative estimate of drug-likeness (QED) is 0.304. The molecule has 0 aliphatic rings. The van der Waals surface area contributed by atoms with Gasteiger partial charge in [0.1, 0.15) is 11.6 Å². The fourth-order valence-corrected chi connectivity index (χ4v) is 3.06. The van der Waals surface area contributed by atoms with E-state index in [4.69, 9.17) is 0 Å². The number of hydrogen-bond acceptors (Lipinski definition) is 6. The van der Waals surface area contributed by atoms with Crippen LogP contribution in [-0.4, -0.2) is 24.7 Å². The Labute approximate surface area is 149 Å². The number of rotatable bonds is 5. The van der Waals surface area contributed by atoms with E-state index >= 15 is 0 Å². The van der Waals surface area contributed by atoms with Gasteiger partial charge >= 0.3 is 0 Å². The summed E-state index contributed by atoms with van der Waals surface area (Å²) in [4.78, 5) is 11.8. The van der Waals surface area contributed by atoms with Crippen LogP contribution in [0.4, 0.5) is 10.1 Å². The normalized spacial score (nSPS) is 11.6. The molecule has 0 heterocycles. The molecule has 0 amide bonds. The molecule has 0 unspecified atom stereocenters. The van der Waals surface area contributed by atoms with Crippen molar-refractivity contribution in [2.24, 2.45) is 5.10 Å². The van der Waals surface area contributed by atoms with E-state index in [0.29, 0.717) is 0 Å². The minimum absolute atomic E-state index is 0.0320. The van der Waals surface area contributed by atoms with Crippen molar-refractivity contribution in [3.63, 3.8) is 0 Å². The van der Waals surface area contributed by atoms with E-state index in [1.54, 1.807) is 22.6 Å². The van der Waals surface area contributed by atoms with Crippen LogP contribution in [-0.2, 0) is 10.0 Å². The van der Waals surface area contributed by atoms with E-state index in [1.165, 1.54) is 0 Å². The number of hydrogen-bond donors (Lipinski definition) is 2. The van der Waals surface area contributed by atoms with Crippen LogP contribution in [0.1, 0.15) is 5.56 Å². The van der Waals surface area contributed by atoms with Crippen LogP contribution in [0.2, 0.25) is 0 Å². The first kappa shape index (κ1) is 18.1. The second kappa shape index (κ2) is 7.09. The molecule has 11 heteroatoms. The third-order valence-electron chi connectivity index (χ3n) is 2.79. The number of non-ortho nitro benzene ring substituents is 1. The molecule has 2 aromatic rings. The summed E-state index contributed by atoms with van der Waals surface area (Å²) in [5.41, 5.74) is -0.310. The van der Waals surface area contributed by atoms with Crippen molar-refractivity contribution >= 4 is 44.5 Å². The Morgan fingerprint density at radius 3 is 2.50 bits per heavy atom. The maximum Gasteiger partial charge on any atom is 0.276 e. The third-order valence-corrected chi connectivity index (χ3v) is 4.85. The number of halogens is 2. The van der Waals surface area contributed by atoms with E-state index in [9.17, 15) is 28.0 Å². The molecule has 8 nitrogen and oxygen atoms in total. The Bertz CT molecular complexity index is 916. The molecule has 0 radical (unpaired) electrons. The first-order valence-electron chi connectivity index (χ1n) is 6.18. The average Bonchev–Trinajstić information content (AvgIpc) is 2.51. The van der Waals surface area contributed by atoms with Crippen molar-refractivity contribution in [3.8, 4) is 5.75 Å². The Balaban J connectivity index is 2.25. The Morgan fingerprint density at radius 1 is 1.29 bits per heavy atom. The second-order valence-corrected chi connectivity index (χ2v) is 7.25. The van der Waals surface area contributed by atoms with Gasteiger partial charge in [-0.2, -0.15) is 13.5 Å². The number of benzene rings is 2. The van der Waals surface area contributed by atoms with Gasteiger partial charge in [0.05, 0.1) is 19.6 Å². The van der Waals surface area contributed by atoms with Crippen molar-refractivity contribution in [2.75, 3.05) is 0 Å². The molecule has 0 aliphatic heterocycles. The van der Waals surface area contributed by atoms with Gasteiger partial charge in [0.25, 0.3) is 15.7 Å². The summed E-state index contributed by atoms with van der Waals surface area (Å²) in [6.45, 7) is 0. The molecule has 0 bridgehead atoms. The van der Waals surface area contributed by atoms with E-state index in [-0.39, 0.29) is 25.5 Å². The predicted octanol–water partition coefficient (Wildman–Crippen LogP) is 2.36. The molecule has 2 aromatic carbocycles. The fourth-order valence-electron chi connectivity index (χ4n) is 1.64. The SMILES string of the molecule is O=[N+]([O-])c1cc(I)c(O)c(C=NNS(=O)(=O)c2ccc(F)cc2)c1. The summed E-state index contributed by atoms with van der Waals surface area (Å²) in [5, 5.41) is 24.1. The standard InChI is InChI=1S/C13H9FIN3O5S/c14-9-1-3-11(4-2-9)24(22,23)17-16-7-8-5-10(18(20)21)6-12(15)13(8)19/h1-7,17,19H. The Hall–Kier alpha value is -2.28. The van der Waals surface area contributed by atoms with Crippen LogP contribution < -0.4 is 4.83 Å². The maximum absolute atomic E-state index is 12.8. The molecule has 2 rings (SSSR count). The summed E-state index contributed by atoms with van der Waals surface area (Å²) in [6.07, 6.45) is 0.936. The van der Waals surface area contributed by atoms with Gasteiger partial charge in [-0.05, 0) is 46.9 Å². The number of sulfonamides is 1. The van der Waals surface area contributed by atoms with Gasteiger partial charge in [-0.1, -0.05) is 0 Å². The highest BCUT2D eigenvalue weighted by Crippen LogP contribution is 2.28. The molecule has 0 spiro atoms. The third kappa shape index (κ3) is 4.17. The lowest BCUT2D eigenvalue weighted by Gasteiger charge is -2.04. The van der Waals surface area contributed by atoms with Crippen molar-refractivity contribution in [3.05, 3.63) is 61.5 Å². The molecule has 0 saturated carbocycles. The van der Waals surface area contributed by atoms with Crippen LogP contribution in [0.25, 0.3) is 0 Å². The zero-order valence-corrected chi connectivity index (χ0v) is 14.7. The second-order valence-electron chi connectivity index (χ2n) is 4.43. The summed E-state index contributed by atoms with van der Waals surface area (Å²) < 4.78 is 36.9. The van der Waals surface area contributed by atoms with E-state index in [0.717, 1.165) is 42.6 Å². The van der Waals surface area contributed by atoms with Gasteiger partial charge in [-0.25, -0.2) is 9.22 Å². The van der Waals surface area contributed by atoms with Gasteiger partial charge < -0.3 is 5.11 Å². The molecule has 0 aliphatic carbocycles. The minimum Gasteiger partial charge on any atom is -0.506 e. The lowest BCUT2D eigenvalue weighted by Crippen LogP contribution is -2.18. The minimum atomic E-state index is -4.03. The number of nitro benzene ring substituents is 1. The number of hydrazone groups is 1. The van der Waals surface area contributed by atoms with Gasteiger partial charge in [0.15, 0.2) is 0 Å². The Morgan fingerprint density at radius 2 is 1.92 bits per heavy atom. The van der Waals surface area contributed by atoms with Gasteiger partial charge in [-0.15, -0.1) is 0 Å². The molecular formula is C13H9FIN3O5S. The van der Waals surface area contributed by atoms with Crippen LogP contribution in [0.3, 0.4) is 0 Å². The average molecular weight is 465 g/mol. The first-order chi connectivity index (χ1) is 11.2. The summed E-state index contributed by atoms with van der Waals surface area (Å²) in [6, 6.07) is 6.28. The lowest BCUT2D eigenvalue weighted by atomic mass is 10.2. The van der Waals surface area contributed by atoms with Gasteiger partial charge in [0.2, 0.25) is 0 Å². The van der Waals surface area contributed by atoms with E-state index in [1.807, 2.05) is 4.83 Å². The van der Waals surface area contributed by atoms with E-state index < -0.39 is 20.8 Å². The molecule has 0 saturated heterocycles. The predicted molar refractivity (Wildman–Crippen MR) is 91.8 cm³/mol.